The quantitative estimate of drug-likeness (QED) is 0.896. The monoisotopic (exact) mass is 316 g/mol. The molecule has 1 atom stereocenters. The number of carbonyl (C=O) groups excluding carboxylic acids is 1. The van der Waals surface area contributed by atoms with Gasteiger partial charge >= 0.3 is 0 Å². The van der Waals surface area contributed by atoms with Gasteiger partial charge in [-0.25, -0.2) is 13.1 Å². The van der Waals surface area contributed by atoms with Crippen LogP contribution in [0.15, 0.2) is 11.4 Å². The molecule has 1 N–H and O–H groups in total. The predicted molar refractivity (Wildman–Crippen MR) is 80.2 cm³/mol. The van der Waals surface area contributed by atoms with Gasteiger partial charge in [-0.15, -0.1) is 11.3 Å². The Morgan fingerprint density at radius 3 is 2.95 bits per heavy atom. The zero-order valence-electron chi connectivity index (χ0n) is 11.8. The number of nitrogens with zero attached hydrogens (tertiary/aromatic N) is 1. The molecule has 0 saturated carbocycles. The molecule has 1 aliphatic rings. The Morgan fingerprint density at radius 2 is 2.30 bits per heavy atom. The Balaban J connectivity index is 2.00. The number of amides is 1. The second-order valence-corrected chi connectivity index (χ2v) is 7.81. The average molecular weight is 316 g/mol. The van der Waals surface area contributed by atoms with Gasteiger partial charge in [-0.2, -0.15) is 0 Å². The highest BCUT2D eigenvalue weighted by atomic mass is 32.2. The van der Waals surface area contributed by atoms with Crippen molar-refractivity contribution < 1.29 is 13.2 Å². The maximum atomic E-state index is 12.3. The summed E-state index contributed by atoms with van der Waals surface area (Å²) in [6, 6.07) is 2.23. The third kappa shape index (κ3) is 3.59. The maximum absolute atomic E-state index is 12.3. The molecule has 1 aliphatic heterocycles. The Hall–Kier alpha value is -0.920. The van der Waals surface area contributed by atoms with Crippen molar-refractivity contribution in [1.29, 1.82) is 0 Å². The van der Waals surface area contributed by atoms with Crippen molar-refractivity contribution in [2.45, 2.75) is 32.2 Å². The molecular formula is C13H20N2O3S2. The third-order valence-electron chi connectivity index (χ3n) is 3.51. The average Bonchev–Trinajstić information content (AvgIpc) is 2.83. The lowest BCUT2D eigenvalue weighted by Gasteiger charge is -2.35. The fraction of sp³-hybridized carbons (Fsp3) is 0.615. The van der Waals surface area contributed by atoms with Crippen molar-refractivity contribution in [3.63, 3.8) is 0 Å². The molecule has 7 heteroatoms. The van der Waals surface area contributed by atoms with E-state index in [0.29, 0.717) is 0 Å². The van der Waals surface area contributed by atoms with E-state index in [4.69, 9.17) is 0 Å². The number of carbonyl (C=O) groups is 1. The Kier molecular flexibility index (Phi) is 4.82. The lowest BCUT2D eigenvalue weighted by atomic mass is 9.97. The molecule has 0 aromatic carbocycles. The van der Waals surface area contributed by atoms with Gasteiger partial charge in [0.05, 0.1) is 12.3 Å². The van der Waals surface area contributed by atoms with Crippen molar-refractivity contribution in [3.8, 4) is 0 Å². The van der Waals surface area contributed by atoms with Crippen LogP contribution in [0.25, 0.3) is 0 Å². The SMILES string of the molecule is CC[C@H]1c2ccsc2CCN1C(=O)CCNS(C)(=O)=O. The molecule has 0 unspecified atom stereocenters. The number of hydrogen-bond donors (Lipinski definition) is 1. The lowest BCUT2D eigenvalue weighted by molar-refractivity contribution is -0.134. The number of fused-ring (bicyclic) bond motifs is 1. The van der Waals surface area contributed by atoms with Crippen LogP contribution in [0.2, 0.25) is 0 Å². The highest BCUT2D eigenvalue weighted by molar-refractivity contribution is 7.88. The van der Waals surface area contributed by atoms with Gasteiger partial charge < -0.3 is 4.90 Å². The molecule has 0 saturated heterocycles. The Morgan fingerprint density at radius 1 is 1.55 bits per heavy atom. The molecule has 0 spiro atoms. The van der Waals surface area contributed by atoms with Crippen LogP contribution in [-0.4, -0.2) is 38.6 Å². The summed E-state index contributed by atoms with van der Waals surface area (Å²) in [5.41, 5.74) is 1.26. The first-order valence-electron chi connectivity index (χ1n) is 6.72. The largest absolute Gasteiger partial charge is 0.335 e. The van der Waals surface area contributed by atoms with Crippen molar-refractivity contribution >= 4 is 27.3 Å². The molecule has 20 heavy (non-hydrogen) atoms. The van der Waals surface area contributed by atoms with Crippen molar-refractivity contribution in [1.82, 2.24) is 9.62 Å². The van der Waals surface area contributed by atoms with Crippen LogP contribution in [0, 0.1) is 0 Å². The molecule has 2 rings (SSSR count). The van der Waals surface area contributed by atoms with Gasteiger partial charge in [0.25, 0.3) is 0 Å². The Labute approximate surface area is 124 Å². The van der Waals surface area contributed by atoms with Crippen LogP contribution < -0.4 is 4.72 Å². The van der Waals surface area contributed by atoms with E-state index in [-0.39, 0.29) is 24.9 Å². The van der Waals surface area contributed by atoms with Crippen molar-refractivity contribution in [2.75, 3.05) is 19.3 Å². The first-order chi connectivity index (χ1) is 9.42. The molecule has 1 aromatic rings. The second-order valence-electron chi connectivity index (χ2n) is 4.98. The van der Waals surface area contributed by atoms with Gasteiger partial charge in [0.1, 0.15) is 0 Å². The molecule has 1 aromatic heterocycles. The summed E-state index contributed by atoms with van der Waals surface area (Å²) in [5, 5.41) is 2.08. The summed E-state index contributed by atoms with van der Waals surface area (Å²) in [6.07, 6.45) is 3.09. The smallest absolute Gasteiger partial charge is 0.224 e. The van der Waals surface area contributed by atoms with E-state index < -0.39 is 10.0 Å². The number of rotatable bonds is 5. The highest BCUT2D eigenvalue weighted by Crippen LogP contribution is 2.35. The summed E-state index contributed by atoms with van der Waals surface area (Å²) >= 11 is 1.75. The molecule has 0 bridgehead atoms. The van der Waals surface area contributed by atoms with E-state index in [9.17, 15) is 13.2 Å². The lowest BCUT2D eigenvalue weighted by Crippen LogP contribution is -2.40. The van der Waals surface area contributed by atoms with E-state index in [2.05, 4.69) is 23.1 Å². The third-order valence-corrected chi connectivity index (χ3v) is 5.23. The number of thiophene rings is 1. The molecule has 0 fully saturated rings. The first kappa shape index (κ1) is 15.5. The minimum Gasteiger partial charge on any atom is -0.335 e. The van der Waals surface area contributed by atoms with Crippen LogP contribution in [-0.2, 0) is 21.2 Å². The van der Waals surface area contributed by atoms with Gasteiger partial charge in [0.2, 0.25) is 15.9 Å². The van der Waals surface area contributed by atoms with Crippen molar-refractivity contribution in [3.05, 3.63) is 21.9 Å². The van der Waals surface area contributed by atoms with Crippen molar-refractivity contribution in [2.24, 2.45) is 0 Å². The summed E-state index contributed by atoms with van der Waals surface area (Å²) in [5.74, 6) is 0.0184. The number of hydrogen-bond acceptors (Lipinski definition) is 4. The van der Waals surface area contributed by atoms with Crippen LogP contribution in [0.3, 0.4) is 0 Å². The molecule has 0 radical (unpaired) electrons. The minimum absolute atomic E-state index is 0.0184. The number of nitrogens with one attached hydrogen (secondary N) is 1. The van der Waals surface area contributed by atoms with Gasteiger partial charge in [-0.3, -0.25) is 4.79 Å². The fourth-order valence-corrected chi connectivity index (χ4v) is 4.02. The molecule has 1 amide bonds. The van der Waals surface area contributed by atoms with Gasteiger partial charge in [-0.05, 0) is 29.9 Å². The topological polar surface area (TPSA) is 66.5 Å². The standard InChI is InChI=1S/C13H20N2O3S2/c1-3-11-10-6-9-19-12(10)5-8-15(11)13(16)4-7-14-20(2,17)18/h6,9,11,14H,3-5,7-8H2,1-2H3/t11-/m0/s1. The second kappa shape index (κ2) is 6.24. The van der Waals surface area contributed by atoms with E-state index >= 15 is 0 Å². The highest BCUT2D eigenvalue weighted by Gasteiger charge is 2.29. The molecular weight excluding hydrogens is 296 g/mol. The summed E-state index contributed by atoms with van der Waals surface area (Å²) in [7, 11) is -3.23. The van der Waals surface area contributed by atoms with Crippen LogP contribution in [0.5, 0.6) is 0 Å². The van der Waals surface area contributed by atoms with Gasteiger partial charge in [0, 0.05) is 24.4 Å². The zero-order valence-corrected chi connectivity index (χ0v) is 13.4. The molecule has 112 valence electrons. The van der Waals surface area contributed by atoms with E-state index in [1.807, 2.05) is 4.90 Å². The number of sulfonamides is 1. The summed E-state index contributed by atoms with van der Waals surface area (Å²) < 4.78 is 24.4. The molecule has 5 nitrogen and oxygen atoms in total. The summed E-state index contributed by atoms with van der Waals surface area (Å²) in [6.45, 7) is 2.97. The predicted octanol–water partition coefficient (Wildman–Crippen LogP) is 1.52. The molecule has 2 heterocycles. The van der Waals surface area contributed by atoms with Gasteiger partial charge in [0.15, 0.2) is 0 Å². The zero-order chi connectivity index (χ0) is 14.8. The maximum Gasteiger partial charge on any atom is 0.224 e. The van der Waals surface area contributed by atoms with Crippen LogP contribution >= 0.6 is 11.3 Å². The van der Waals surface area contributed by atoms with Gasteiger partial charge in [-0.1, -0.05) is 6.92 Å². The van der Waals surface area contributed by atoms with E-state index in [1.54, 1.807) is 11.3 Å². The normalized spacial score (nSPS) is 18.9. The van der Waals surface area contributed by atoms with E-state index in [1.165, 1.54) is 10.4 Å². The minimum atomic E-state index is -3.23. The van der Waals surface area contributed by atoms with E-state index in [0.717, 1.165) is 25.6 Å². The summed E-state index contributed by atoms with van der Waals surface area (Å²) in [4.78, 5) is 15.5. The van der Waals surface area contributed by atoms with Crippen LogP contribution in [0.4, 0.5) is 0 Å². The first-order valence-corrected chi connectivity index (χ1v) is 9.50. The van der Waals surface area contributed by atoms with Crippen LogP contribution in [0.1, 0.15) is 36.2 Å². The Bertz CT molecular complexity index is 580. The molecule has 0 aliphatic carbocycles. The fourth-order valence-electron chi connectivity index (χ4n) is 2.62.